The van der Waals surface area contributed by atoms with Crippen LogP contribution >= 0.6 is 22.7 Å². The molecule has 0 amide bonds. The molecule has 0 saturated carbocycles. The highest BCUT2D eigenvalue weighted by Crippen LogP contribution is 2.11. The van der Waals surface area contributed by atoms with Gasteiger partial charge in [0, 0.05) is 54.2 Å². The SMILES string of the molecule is c1cnccn1.c1cscn1.c1nc(CC2CCCN2)cs1. The van der Waals surface area contributed by atoms with Crippen LogP contribution in [-0.4, -0.2) is 32.5 Å². The lowest BCUT2D eigenvalue weighted by Gasteiger charge is -2.06. The third kappa shape index (κ3) is 7.35. The minimum atomic E-state index is 0.692. The summed E-state index contributed by atoms with van der Waals surface area (Å²) in [6.07, 6.45) is 12.1. The molecule has 0 radical (unpaired) electrons. The minimum absolute atomic E-state index is 0.692. The molecule has 1 aliphatic heterocycles. The number of thiazole rings is 2. The number of rotatable bonds is 2. The normalized spacial score (nSPS) is 16.1. The molecule has 1 N–H and O–H groups in total. The lowest BCUT2D eigenvalue weighted by molar-refractivity contribution is 0.597. The summed E-state index contributed by atoms with van der Waals surface area (Å²) in [4.78, 5) is 15.4. The quantitative estimate of drug-likeness (QED) is 0.781. The van der Waals surface area contributed by atoms with Gasteiger partial charge < -0.3 is 5.32 Å². The van der Waals surface area contributed by atoms with Crippen LogP contribution in [-0.2, 0) is 6.42 Å². The Morgan fingerprint density at radius 1 is 1.00 bits per heavy atom. The van der Waals surface area contributed by atoms with Crippen molar-refractivity contribution in [2.75, 3.05) is 6.54 Å². The Morgan fingerprint density at radius 3 is 2.23 bits per heavy atom. The van der Waals surface area contributed by atoms with E-state index in [9.17, 15) is 0 Å². The van der Waals surface area contributed by atoms with Gasteiger partial charge in [-0.25, -0.2) is 4.98 Å². The molecule has 1 atom stereocenters. The monoisotopic (exact) mass is 333 g/mol. The lowest BCUT2D eigenvalue weighted by Crippen LogP contribution is -2.23. The van der Waals surface area contributed by atoms with Gasteiger partial charge in [-0.05, 0) is 19.4 Å². The zero-order valence-electron chi connectivity index (χ0n) is 12.2. The van der Waals surface area contributed by atoms with E-state index in [1.54, 1.807) is 59.2 Å². The van der Waals surface area contributed by atoms with E-state index in [2.05, 4.69) is 30.6 Å². The van der Waals surface area contributed by atoms with Crippen molar-refractivity contribution >= 4 is 22.7 Å². The fraction of sp³-hybridized carbons (Fsp3) is 0.333. The molecule has 1 aliphatic rings. The van der Waals surface area contributed by atoms with Crippen molar-refractivity contribution in [2.45, 2.75) is 25.3 Å². The number of aromatic nitrogens is 4. The second-order valence-electron chi connectivity index (χ2n) is 4.55. The molecule has 0 aromatic carbocycles. The van der Waals surface area contributed by atoms with Crippen LogP contribution < -0.4 is 5.32 Å². The number of hydrogen-bond acceptors (Lipinski definition) is 7. The highest BCUT2D eigenvalue weighted by atomic mass is 32.1. The second kappa shape index (κ2) is 10.9. The minimum Gasteiger partial charge on any atom is -0.314 e. The molecule has 4 rings (SSSR count). The largest absolute Gasteiger partial charge is 0.314 e. The fourth-order valence-electron chi connectivity index (χ4n) is 1.95. The van der Waals surface area contributed by atoms with Gasteiger partial charge in [0.1, 0.15) is 0 Å². The van der Waals surface area contributed by atoms with Gasteiger partial charge in [0.05, 0.1) is 16.7 Å². The number of hydrogen-bond donors (Lipinski definition) is 1. The van der Waals surface area contributed by atoms with Gasteiger partial charge in [0.25, 0.3) is 0 Å². The molecule has 0 bridgehead atoms. The highest BCUT2D eigenvalue weighted by molar-refractivity contribution is 7.07. The van der Waals surface area contributed by atoms with Crippen molar-refractivity contribution in [1.29, 1.82) is 0 Å². The maximum Gasteiger partial charge on any atom is 0.0794 e. The Kier molecular flexibility index (Phi) is 8.29. The molecule has 3 aromatic rings. The van der Waals surface area contributed by atoms with Crippen molar-refractivity contribution in [3.63, 3.8) is 0 Å². The summed E-state index contributed by atoms with van der Waals surface area (Å²) in [6, 6.07) is 0.692. The van der Waals surface area contributed by atoms with Gasteiger partial charge in [-0.2, -0.15) is 0 Å². The van der Waals surface area contributed by atoms with E-state index in [4.69, 9.17) is 0 Å². The van der Waals surface area contributed by atoms with Gasteiger partial charge >= 0.3 is 0 Å². The summed E-state index contributed by atoms with van der Waals surface area (Å²) in [6.45, 7) is 1.19. The van der Waals surface area contributed by atoms with Gasteiger partial charge in [0.2, 0.25) is 0 Å². The first-order valence-corrected chi connectivity index (χ1v) is 8.96. The van der Waals surface area contributed by atoms with Crippen LogP contribution in [0, 0.1) is 0 Å². The first-order chi connectivity index (χ1) is 10.9. The Labute approximate surface area is 138 Å². The van der Waals surface area contributed by atoms with Crippen molar-refractivity contribution in [3.05, 3.63) is 58.5 Å². The number of nitrogens with zero attached hydrogens (tertiary/aromatic N) is 4. The summed E-state index contributed by atoms with van der Waals surface area (Å²) in [5.74, 6) is 0. The van der Waals surface area contributed by atoms with Crippen LogP contribution in [0.15, 0.2) is 52.8 Å². The van der Waals surface area contributed by atoms with Crippen LogP contribution in [0.5, 0.6) is 0 Å². The van der Waals surface area contributed by atoms with Crippen molar-refractivity contribution < 1.29 is 0 Å². The van der Waals surface area contributed by atoms with Crippen LogP contribution in [0.1, 0.15) is 18.5 Å². The van der Waals surface area contributed by atoms with Crippen molar-refractivity contribution in [3.8, 4) is 0 Å². The number of nitrogens with one attached hydrogen (secondary N) is 1. The predicted molar refractivity (Wildman–Crippen MR) is 91.0 cm³/mol. The first-order valence-electron chi connectivity index (χ1n) is 7.07. The van der Waals surface area contributed by atoms with Crippen LogP contribution in [0.25, 0.3) is 0 Å². The van der Waals surface area contributed by atoms with E-state index in [1.807, 2.05) is 10.9 Å². The maximum absolute atomic E-state index is 4.26. The summed E-state index contributed by atoms with van der Waals surface area (Å²) < 4.78 is 0. The fourth-order valence-corrected chi connectivity index (χ4v) is 2.87. The van der Waals surface area contributed by atoms with Crippen LogP contribution in [0.3, 0.4) is 0 Å². The zero-order chi connectivity index (χ0) is 15.3. The van der Waals surface area contributed by atoms with Gasteiger partial charge in [-0.1, -0.05) is 0 Å². The molecule has 22 heavy (non-hydrogen) atoms. The van der Waals surface area contributed by atoms with E-state index >= 15 is 0 Å². The van der Waals surface area contributed by atoms with Gasteiger partial charge in [0.15, 0.2) is 0 Å². The molecular formula is C15H19N5S2. The van der Waals surface area contributed by atoms with Crippen molar-refractivity contribution in [2.24, 2.45) is 0 Å². The third-order valence-electron chi connectivity index (χ3n) is 2.93. The molecular weight excluding hydrogens is 314 g/mol. The van der Waals surface area contributed by atoms with Gasteiger partial charge in [-0.3, -0.25) is 15.0 Å². The molecule has 1 unspecified atom stereocenters. The highest BCUT2D eigenvalue weighted by Gasteiger charge is 2.14. The molecule has 0 aliphatic carbocycles. The molecule has 1 fully saturated rings. The van der Waals surface area contributed by atoms with E-state index in [1.165, 1.54) is 25.1 Å². The maximum atomic E-state index is 4.26. The smallest absolute Gasteiger partial charge is 0.0794 e. The third-order valence-corrected chi connectivity index (χ3v) is 4.08. The Hall–Kier alpha value is -1.70. The average Bonchev–Trinajstić information content (AvgIpc) is 3.36. The Bertz CT molecular complexity index is 507. The molecule has 116 valence electrons. The van der Waals surface area contributed by atoms with Crippen LogP contribution in [0.2, 0.25) is 0 Å². The second-order valence-corrected chi connectivity index (χ2v) is 6.02. The topological polar surface area (TPSA) is 63.6 Å². The van der Waals surface area contributed by atoms with Crippen molar-refractivity contribution in [1.82, 2.24) is 25.3 Å². The van der Waals surface area contributed by atoms with Gasteiger partial charge in [-0.15, -0.1) is 22.7 Å². The summed E-state index contributed by atoms with van der Waals surface area (Å²) >= 11 is 3.29. The average molecular weight is 333 g/mol. The summed E-state index contributed by atoms with van der Waals surface area (Å²) in [5.41, 5.74) is 4.94. The zero-order valence-corrected chi connectivity index (χ0v) is 13.8. The summed E-state index contributed by atoms with van der Waals surface area (Å²) in [7, 11) is 0. The van der Waals surface area contributed by atoms with E-state index in [-0.39, 0.29) is 0 Å². The van der Waals surface area contributed by atoms with E-state index < -0.39 is 0 Å². The molecule has 4 heterocycles. The van der Waals surface area contributed by atoms with E-state index in [0.717, 1.165) is 6.42 Å². The lowest BCUT2D eigenvalue weighted by atomic mass is 10.1. The predicted octanol–water partition coefficient (Wildman–Crippen LogP) is 3.06. The standard InChI is InChI=1S/C8H12N2S.C4H4N2.C3H3NS/c1-2-7(9-3-1)4-8-5-11-6-10-8;1-2-6-4-3-5-1;1-2-5-3-4-1/h5-7,9H,1-4H2;1-4H;1-3H. The molecule has 1 saturated heterocycles. The molecule has 0 spiro atoms. The molecule has 3 aromatic heterocycles. The van der Waals surface area contributed by atoms with E-state index in [0.29, 0.717) is 6.04 Å². The Morgan fingerprint density at radius 2 is 1.82 bits per heavy atom. The summed E-state index contributed by atoms with van der Waals surface area (Å²) in [5, 5.41) is 7.53. The Balaban J connectivity index is 0.000000135. The van der Waals surface area contributed by atoms with Crippen LogP contribution in [0.4, 0.5) is 0 Å². The first kappa shape index (κ1) is 16.7. The molecule has 7 heteroatoms. The molecule has 5 nitrogen and oxygen atoms in total.